The van der Waals surface area contributed by atoms with Crippen molar-refractivity contribution < 1.29 is 26.4 Å². The van der Waals surface area contributed by atoms with E-state index in [1.54, 1.807) is 18.2 Å². The largest absolute Gasteiger partial charge is 0.435 e. The summed E-state index contributed by atoms with van der Waals surface area (Å²) in [5, 5.41) is 2.91. The van der Waals surface area contributed by atoms with Crippen LogP contribution in [0.4, 0.5) is 20.5 Å². The lowest BCUT2D eigenvalue weighted by molar-refractivity contribution is -0.0498. The van der Waals surface area contributed by atoms with Gasteiger partial charge in [0.15, 0.2) is 5.58 Å². The molecule has 0 bridgehead atoms. The normalized spacial score (nSPS) is 15.7. The van der Waals surface area contributed by atoms with E-state index in [0.717, 1.165) is 19.3 Å². The van der Waals surface area contributed by atoms with Gasteiger partial charge in [0, 0.05) is 18.8 Å². The smallest absolute Gasteiger partial charge is 0.387 e. The van der Waals surface area contributed by atoms with Gasteiger partial charge in [-0.15, -0.1) is 0 Å². The molecule has 0 aliphatic carbocycles. The first-order chi connectivity index (χ1) is 13.9. The van der Waals surface area contributed by atoms with Gasteiger partial charge < -0.3 is 14.5 Å². The highest BCUT2D eigenvalue weighted by Gasteiger charge is 2.26. The number of nitrogens with zero attached hydrogens (tertiary/aromatic N) is 2. The molecule has 0 unspecified atom stereocenters. The highest BCUT2D eigenvalue weighted by Crippen LogP contribution is 2.27. The summed E-state index contributed by atoms with van der Waals surface area (Å²) in [7, 11) is -3.56. The topological polar surface area (TPSA) is 84.7 Å². The number of sulfonamides is 1. The standard InChI is InChI=1S/C19H19F2N3O4S/c20-18(21)27-14-6-4-13(5-7-14)22-19-23-16-12-15(8-9-17(16)28-19)29(25,26)24-10-2-1-3-11-24/h4-9,12,18H,1-3,10-11H2,(H,22,23). The number of hydrogen-bond donors (Lipinski definition) is 1. The molecule has 1 fully saturated rings. The molecule has 10 heteroatoms. The van der Waals surface area contributed by atoms with Gasteiger partial charge in [0.1, 0.15) is 11.3 Å². The molecule has 2 aromatic carbocycles. The van der Waals surface area contributed by atoms with Crippen LogP contribution in [0.2, 0.25) is 0 Å². The second kappa shape index (κ2) is 7.96. The summed E-state index contributed by atoms with van der Waals surface area (Å²) in [4.78, 5) is 4.47. The van der Waals surface area contributed by atoms with E-state index in [9.17, 15) is 17.2 Å². The summed E-state index contributed by atoms with van der Waals surface area (Å²) < 4.78 is 61.5. The molecule has 0 atom stereocenters. The van der Waals surface area contributed by atoms with Crippen LogP contribution in [0.15, 0.2) is 51.8 Å². The van der Waals surface area contributed by atoms with Crippen LogP contribution in [0.5, 0.6) is 5.75 Å². The van der Waals surface area contributed by atoms with Crippen LogP contribution < -0.4 is 10.1 Å². The molecule has 0 radical (unpaired) electrons. The molecule has 154 valence electrons. The van der Waals surface area contributed by atoms with Gasteiger partial charge in [-0.3, -0.25) is 0 Å². The fourth-order valence-corrected chi connectivity index (χ4v) is 4.76. The second-order valence-electron chi connectivity index (χ2n) is 6.64. The third-order valence-corrected chi connectivity index (χ3v) is 6.54. The maximum absolute atomic E-state index is 12.8. The molecule has 3 aromatic rings. The van der Waals surface area contributed by atoms with E-state index in [-0.39, 0.29) is 16.7 Å². The average molecular weight is 423 g/mol. The van der Waals surface area contributed by atoms with Gasteiger partial charge in [-0.25, -0.2) is 8.42 Å². The van der Waals surface area contributed by atoms with Crippen molar-refractivity contribution in [1.29, 1.82) is 0 Å². The number of ether oxygens (including phenoxy) is 1. The molecule has 29 heavy (non-hydrogen) atoms. The van der Waals surface area contributed by atoms with E-state index < -0.39 is 16.6 Å². The van der Waals surface area contributed by atoms with Gasteiger partial charge in [0.05, 0.1) is 4.90 Å². The van der Waals surface area contributed by atoms with Crippen LogP contribution in [0.25, 0.3) is 11.1 Å². The molecule has 0 saturated carbocycles. The van der Waals surface area contributed by atoms with Gasteiger partial charge in [-0.1, -0.05) is 6.42 Å². The number of halogens is 2. The second-order valence-corrected chi connectivity index (χ2v) is 8.58. The Balaban J connectivity index is 1.54. The highest BCUT2D eigenvalue weighted by molar-refractivity contribution is 7.89. The third kappa shape index (κ3) is 4.33. The summed E-state index contributed by atoms with van der Waals surface area (Å²) in [6.07, 6.45) is 2.76. The fraction of sp³-hybridized carbons (Fsp3) is 0.316. The van der Waals surface area contributed by atoms with Gasteiger partial charge in [0.2, 0.25) is 10.0 Å². The fourth-order valence-electron chi connectivity index (χ4n) is 3.22. The predicted molar refractivity (Wildman–Crippen MR) is 103 cm³/mol. The lowest BCUT2D eigenvalue weighted by Crippen LogP contribution is -2.35. The Labute approximate surface area is 166 Å². The Bertz CT molecular complexity index is 1090. The minimum Gasteiger partial charge on any atom is -0.435 e. The quantitative estimate of drug-likeness (QED) is 0.635. The maximum Gasteiger partial charge on any atom is 0.387 e. The zero-order valence-corrected chi connectivity index (χ0v) is 16.2. The number of nitrogens with one attached hydrogen (secondary N) is 1. The number of piperidine rings is 1. The summed E-state index contributed by atoms with van der Waals surface area (Å²) in [5.41, 5.74) is 1.39. The molecule has 4 rings (SSSR count). The zero-order valence-electron chi connectivity index (χ0n) is 15.3. The summed E-state index contributed by atoms with van der Waals surface area (Å²) in [6, 6.07) is 10.6. The van der Waals surface area contributed by atoms with Gasteiger partial charge >= 0.3 is 6.61 Å². The minimum atomic E-state index is -3.56. The first-order valence-corrected chi connectivity index (χ1v) is 10.6. The number of fused-ring (bicyclic) bond motifs is 1. The van der Waals surface area contributed by atoms with E-state index in [4.69, 9.17) is 4.42 Å². The van der Waals surface area contributed by atoms with E-state index in [0.29, 0.717) is 29.9 Å². The number of benzene rings is 2. The molecule has 2 heterocycles. The van der Waals surface area contributed by atoms with Crippen LogP contribution in [0, 0.1) is 0 Å². The van der Waals surface area contributed by atoms with Crippen molar-refractivity contribution in [3.8, 4) is 5.75 Å². The van der Waals surface area contributed by atoms with E-state index in [1.165, 1.54) is 28.6 Å². The van der Waals surface area contributed by atoms with Crippen molar-refractivity contribution in [2.24, 2.45) is 0 Å². The Morgan fingerprint density at radius 3 is 2.48 bits per heavy atom. The number of rotatable bonds is 6. The van der Waals surface area contributed by atoms with Crippen LogP contribution in [-0.2, 0) is 10.0 Å². The molecular formula is C19H19F2N3O4S. The summed E-state index contributed by atoms with van der Waals surface area (Å²) in [5.74, 6) is 0.0377. The Kier molecular flexibility index (Phi) is 5.37. The van der Waals surface area contributed by atoms with Crippen molar-refractivity contribution in [3.63, 3.8) is 0 Å². The van der Waals surface area contributed by atoms with Gasteiger partial charge in [-0.05, 0) is 55.3 Å². The van der Waals surface area contributed by atoms with E-state index >= 15 is 0 Å². The van der Waals surface area contributed by atoms with Crippen molar-refractivity contribution >= 4 is 32.8 Å². The van der Waals surface area contributed by atoms with Crippen LogP contribution in [0.3, 0.4) is 0 Å². The maximum atomic E-state index is 12.8. The molecule has 1 saturated heterocycles. The molecule has 1 aliphatic heterocycles. The molecule has 1 aliphatic rings. The molecule has 1 aromatic heterocycles. The lowest BCUT2D eigenvalue weighted by atomic mass is 10.2. The molecule has 0 amide bonds. The van der Waals surface area contributed by atoms with Gasteiger partial charge in [0.25, 0.3) is 6.01 Å². The SMILES string of the molecule is O=S(=O)(c1ccc2oc(Nc3ccc(OC(F)F)cc3)nc2c1)N1CCCCC1. The monoisotopic (exact) mass is 423 g/mol. The Morgan fingerprint density at radius 1 is 1.07 bits per heavy atom. The first-order valence-electron chi connectivity index (χ1n) is 9.14. The number of oxazole rings is 1. The number of alkyl halides is 2. The van der Waals surface area contributed by atoms with Crippen molar-refractivity contribution in [2.75, 3.05) is 18.4 Å². The average Bonchev–Trinajstić information content (AvgIpc) is 3.11. The lowest BCUT2D eigenvalue weighted by Gasteiger charge is -2.25. The zero-order chi connectivity index (χ0) is 20.4. The van der Waals surface area contributed by atoms with Crippen LogP contribution in [0.1, 0.15) is 19.3 Å². The summed E-state index contributed by atoms with van der Waals surface area (Å²) in [6.45, 7) is -1.84. The third-order valence-electron chi connectivity index (χ3n) is 4.64. The predicted octanol–water partition coefficient (Wildman–Crippen LogP) is 4.35. The Hall–Kier alpha value is -2.72. The Morgan fingerprint density at radius 2 is 1.79 bits per heavy atom. The highest BCUT2D eigenvalue weighted by atomic mass is 32.2. The molecule has 1 N–H and O–H groups in total. The molecule has 0 spiro atoms. The molecule has 7 nitrogen and oxygen atoms in total. The van der Waals surface area contributed by atoms with Crippen LogP contribution in [-0.4, -0.2) is 37.4 Å². The van der Waals surface area contributed by atoms with Crippen molar-refractivity contribution in [3.05, 3.63) is 42.5 Å². The molecular weight excluding hydrogens is 404 g/mol. The number of anilines is 2. The number of hydrogen-bond acceptors (Lipinski definition) is 6. The van der Waals surface area contributed by atoms with E-state index in [1.807, 2.05) is 0 Å². The summed E-state index contributed by atoms with van der Waals surface area (Å²) >= 11 is 0. The number of aromatic nitrogens is 1. The van der Waals surface area contributed by atoms with Gasteiger partial charge in [-0.2, -0.15) is 18.1 Å². The van der Waals surface area contributed by atoms with Crippen LogP contribution >= 0.6 is 0 Å². The van der Waals surface area contributed by atoms with Crippen molar-refractivity contribution in [2.45, 2.75) is 30.8 Å². The minimum absolute atomic E-state index is 0.0377. The first kappa shape index (κ1) is 19.6. The van der Waals surface area contributed by atoms with E-state index in [2.05, 4.69) is 15.0 Å². The van der Waals surface area contributed by atoms with Crippen molar-refractivity contribution in [1.82, 2.24) is 9.29 Å².